The zero-order valence-corrected chi connectivity index (χ0v) is 9.92. The van der Waals surface area contributed by atoms with Gasteiger partial charge in [-0.05, 0) is 18.9 Å². The summed E-state index contributed by atoms with van der Waals surface area (Å²) in [5.74, 6) is -2.90. The summed E-state index contributed by atoms with van der Waals surface area (Å²) >= 11 is 0. The minimum atomic E-state index is -1.23. The maximum Gasteiger partial charge on any atom is 0.336 e. The number of aromatic nitrogens is 1. The summed E-state index contributed by atoms with van der Waals surface area (Å²) in [6.07, 6.45) is 0.424. The third-order valence-corrected chi connectivity index (χ3v) is 2.88. The van der Waals surface area contributed by atoms with Crippen LogP contribution in [-0.4, -0.2) is 16.1 Å². The summed E-state index contributed by atoms with van der Waals surface area (Å²) in [5.41, 5.74) is 0.852. The summed E-state index contributed by atoms with van der Waals surface area (Å²) in [4.78, 5) is 15.4. The quantitative estimate of drug-likeness (QED) is 0.892. The standard InChI is InChI=1S/C13H11F2NO2/c1-3-8-6(2)16-10-5-7(14)4-9(15)12(10)11(8)13(17)18/h4-5H,3H2,1-2H3,(H,17,18). The van der Waals surface area contributed by atoms with Crippen molar-refractivity contribution in [2.75, 3.05) is 0 Å². The van der Waals surface area contributed by atoms with E-state index in [1.165, 1.54) is 0 Å². The summed E-state index contributed by atoms with van der Waals surface area (Å²) < 4.78 is 26.9. The van der Waals surface area contributed by atoms with E-state index in [4.69, 9.17) is 0 Å². The smallest absolute Gasteiger partial charge is 0.336 e. The Hall–Kier alpha value is -2.04. The molecular weight excluding hydrogens is 240 g/mol. The highest BCUT2D eigenvalue weighted by molar-refractivity contribution is 6.04. The van der Waals surface area contributed by atoms with Gasteiger partial charge in [0.05, 0.1) is 16.5 Å². The van der Waals surface area contributed by atoms with Crippen LogP contribution in [0.1, 0.15) is 28.5 Å². The Morgan fingerprint density at radius 3 is 2.61 bits per heavy atom. The van der Waals surface area contributed by atoms with Crippen LogP contribution in [-0.2, 0) is 6.42 Å². The molecule has 2 rings (SSSR count). The van der Waals surface area contributed by atoms with Gasteiger partial charge in [-0.2, -0.15) is 0 Å². The van der Waals surface area contributed by atoms with Gasteiger partial charge in [-0.15, -0.1) is 0 Å². The molecule has 0 fully saturated rings. The number of halogens is 2. The molecule has 1 heterocycles. The topological polar surface area (TPSA) is 50.2 Å². The monoisotopic (exact) mass is 251 g/mol. The number of rotatable bonds is 2. The Kier molecular flexibility index (Phi) is 2.98. The molecule has 0 spiro atoms. The van der Waals surface area contributed by atoms with E-state index in [-0.39, 0.29) is 16.5 Å². The number of fused-ring (bicyclic) bond motifs is 1. The Bertz CT molecular complexity index is 653. The van der Waals surface area contributed by atoms with Gasteiger partial charge in [-0.1, -0.05) is 6.92 Å². The average molecular weight is 251 g/mol. The molecule has 0 aliphatic rings. The van der Waals surface area contributed by atoms with E-state index in [9.17, 15) is 18.7 Å². The molecule has 0 saturated heterocycles. The fourth-order valence-electron chi connectivity index (χ4n) is 2.14. The van der Waals surface area contributed by atoms with Crippen molar-refractivity contribution in [1.82, 2.24) is 4.98 Å². The maximum atomic E-state index is 13.8. The van der Waals surface area contributed by atoms with Crippen LogP contribution in [0.2, 0.25) is 0 Å². The molecule has 3 nitrogen and oxygen atoms in total. The molecule has 0 radical (unpaired) electrons. The Morgan fingerprint density at radius 2 is 2.06 bits per heavy atom. The number of pyridine rings is 1. The van der Waals surface area contributed by atoms with Crippen molar-refractivity contribution in [2.24, 2.45) is 0 Å². The van der Waals surface area contributed by atoms with Crippen LogP contribution in [0.25, 0.3) is 10.9 Å². The predicted octanol–water partition coefficient (Wildman–Crippen LogP) is 3.08. The van der Waals surface area contributed by atoms with Crippen LogP contribution in [0.4, 0.5) is 8.78 Å². The summed E-state index contributed by atoms with van der Waals surface area (Å²) in [5, 5.41) is 9.09. The fraction of sp³-hybridized carbons (Fsp3) is 0.231. The van der Waals surface area contributed by atoms with Crippen LogP contribution in [0, 0.1) is 18.6 Å². The van der Waals surface area contributed by atoms with Crippen molar-refractivity contribution >= 4 is 16.9 Å². The van der Waals surface area contributed by atoms with Gasteiger partial charge in [-0.25, -0.2) is 13.6 Å². The second kappa shape index (κ2) is 4.33. The molecule has 0 atom stereocenters. The molecule has 0 saturated carbocycles. The average Bonchev–Trinajstić information content (AvgIpc) is 2.26. The number of carboxylic acids is 1. The molecule has 1 aromatic heterocycles. The van der Waals surface area contributed by atoms with E-state index < -0.39 is 17.6 Å². The van der Waals surface area contributed by atoms with Gasteiger partial charge in [0.1, 0.15) is 11.6 Å². The lowest BCUT2D eigenvalue weighted by Crippen LogP contribution is -2.08. The highest BCUT2D eigenvalue weighted by Gasteiger charge is 2.20. The molecule has 0 amide bonds. The van der Waals surface area contributed by atoms with Crippen LogP contribution in [0.15, 0.2) is 12.1 Å². The molecule has 1 N–H and O–H groups in total. The lowest BCUT2D eigenvalue weighted by molar-refractivity contribution is 0.0697. The second-order valence-corrected chi connectivity index (χ2v) is 3.99. The van der Waals surface area contributed by atoms with Gasteiger partial charge in [0.15, 0.2) is 0 Å². The zero-order valence-electron chi connectivity index (χ0n) is 9.92. The second-order valence-electron chi connectivity index (χ2n) is 3.99. The van der Waals surface area contributed by atoms with Crippen LogP contribution >= 0.6 is 0 Å². The third-order valence-electron chi connectivity index (χ3n) is 2.88. The van der Waals surface area contributed by atoms with E-state index in [0.717, 1.165) is 6.07 Å². The fourth-order valence-corrected chi connectivity index (χ4v) is 2.14. The summed E-state index contributed by atoms with van der Waals surface area (Å²) in [6.45, 7) is 3.40. The van der Waals surface area contributed by atoms with Crippen molar-refractivity contribution in [1.29, 1.82) is 0 Å². The molecule has 94 valence electrons. The number of nitrogens with zero attached hydrogens (tertiary/aromatic N) is 1. The molecule has 0 aliphatic carbocycles. The van der Waals surface area contributed by atoms with E-state index in [2.05, 4.69) is 4.98 Å². The minimum Gasteiger partial charge on any atom is -0.478 e. The lowest BCUT2D eigenvalue weighted by Gasteiger charge is -2.11. The van der Waals surface area contributed by atoms with Crippen molar-refractivity contribution in [3.63, 3.8) is 0 Å². The van der Waals surface area contributed by atoms with Crippen LogP contribution in [0.5, 0.6) is 0 Å². The minimum absolute atomic E-state index is 0.0274. The van der Waals surface area contributed by atoms with E-state index in [1.54, 1.807) is 13.8 Å². The van der Waals surface area contributed by atoms with Gasteiger partial charge in [0.25, 0.3) is 0 Å². The van der Waals surface area contributed by atoms with E-state index in [0.29, 0.717) is 23.7 Å². The van der Waals surface area contributed by atoms with Crippen molar-refractivity contribution in [3.05, 3.63) is 40.6 Å². The molecule has 18 heavy (non-hydrogen) atoms. The zero-order chi connectivity index (χ0) is 13.4. The number of carbonyl (C=O) groups is 1. The maximum absolute atomic E-state index is 13.8. The van der Waals surface area contributed by atoms with E-state index >= 15 is 0 Å². The predicted molar refractivity (Wildman–Crippen MR) is 62.7 cm³/mol. The molecule has 0 aliphatic heterocycles. The summed E-state index contributed by atoms with van der Waals surface area (Å²) in [7, 11) is 0. The Labute approximate surface area is 102 Å². The normalized spacial score (nSPS) is 10.9. The Morgan fingerprint density at radius 1 is 1.39 bits per heavy atom. The first kappa shape index (κ1) is 12.4. The molecule has 2 aromatic rings. The molecule has 0 bridgehead atoms. The van der Waals surface area contributed by atoms with Gasteiger partial charge in [0.2, 0.25) is 0 Å². The first-order valence-corrected chi connectivity index (χ1v) is 5.47. The number of hydrogen-bond acceptors (Lipinski definition) is 2. The van der Waals surface area contributed by atoms with Crippen LogP contribution in [0.3, 0.4) is 0 Å². The SMILES string of the molecule is CCc1c(C)nc2cc(F)cc(F)c2c1C(=O)O. The van der Waals surface area contributed by atoms with E-state index in [1.807, 2.05) is 0 Å². The number of aromatic carboxylic acids is 1. The molecular formula is C13H11F2NO2. The van der Waals surface area contributed by atoms with Crippen LogP contribution < -0.4 is 0 Å². The molecule has 1 aromatic carbocycles. The number of carboxylic acid groups (broad SMARTS) is 1. The summed E-state index contributed by atoms with van der Waals surface area (Å²) in [6, 6.07) is 1.71. The number of benzene rings is 1. The van der Waals surface area contributed by atoms with Gasteiger partial charge >= 0.3 is 5.97 Å². The number of hydrogen-bond donors (Lipinski definition) is 1. The van der Waals surface area contributed by atoms with Crippen molar-refractivity contribution in [3.8, 4) is 0 Å². The van der Waals surface area contributed by atoms with Gasteiger partial charge < -0.3 is 5.11 Å². The highest BCUT2D eigenvalue weighted by atomic mass is 19.1. The van der Waals surface area contributed by atoms with Crippen molar-refractivity contribution in [2.45, 2.75) is 20.3 Å². The van der Waals surface area contributed by atoms with Gasteiger partial charge in [0, 0.05) is 17.8 Å². The third kappa shape index (κ3) is 1.81. The van der Waals surface area contributed by atoms with Gasteiger partial charge in [-0.3, -0.25) is 4.98 Å². The largest absolute Gasteiger partial charge is 0.478 e. The lowest BCUT2D eigenvalue weighted by atomic mass is 9.98. The molecule has 0 unspecified atom stereocenters. The highest BCUT2D eigenvalue weighted by Crippen LogP contribution is 2.27. The first-order chi connectivity index (χ1) is 8.45. The number of aryl methyl sites for hydroxylation is 1. The Balaban J connectivity index is 3.02. The molecule has 5 heteroatoms. The van der Waals surface area contributed by atoms with Crippen molar-refractivity contribution < 1.29 is 18.7 Å². The first-order valence-electron chi connectivity index (χ1n) is 5.47.